The number of aliphatic hydroxyl groups is 1. The van der Waals surface area contributed by atoms with Crippen molar-refractivity contribution in [2.24, 2.45) is 5.92 Å². The van der Waals surface area contributed by atoms with Gasteiger partial charge < -0.3 is 14.3 Å². The Morgan fingerprint density at radius 2 is 1.59 bits per heavy atom. The molecule has 2 N–H and O–H groups in total. The topological polar surface area (TPSA) is 68.2 Å². The zero-order valence-electron chi connectivity index (χ0n) is 19.3. The van der Waals surface area contributed by atoms with Crippen LogP contribution in [0.1, 0.15) is 60.3 Å². The third-order valence-corrected chi connectivity index (χ3v) is 15.1. The van der Waals surface area contributed by atoms with Crippen molar-refractivity contribution in [1.82, 2.24) is 0 Å². The maximum absolute atomic E-state index is 11.2. The minimum absolute atomic E-state index is 0.00868. The van der Waals surface area contributed by atoms with Gasteiger partial charge in [0.25, 0.3) is 0 Å². The van der Waals surface area contributed by atoms with E-state index in [1.807, 2.05) is 13.1 Å². The molecular weight excluding hydrogens is 376 g/mol. The highest BCUT2D eigenvalue weighted by atomic mass is 28.4. The van der Waals surface area contributed by atoms with E-state index in [1.54, 1.807) is 0 Å². The molecule has 7 heteroatoms. The van der Waals surface area contributed by atoms with Crippen molar-refractivity contribution in [3.05, 3.63) is 0 Å². The van der Waals surface area contributed by atoms with Crippen LogP contribution in [0.3, 0.4) is 0 Å². The molecule has 3 atom stereocenters. The summed E-state index contributed by atoms with van der Waals surface area (Å²) in [5, 5.41) is 11.2. The second-order valence-corrected chi connectivity index (χ2v) is 20.5. The minimum Gasteiger partial charge on any atom is -0.432 e. The Balaban J connectivity index is 3.02. The molecule has 1 unspecified atom stereocenters. The second kappa shape index (κ2) is 8.54. The van der Waals surface area contributed by atoms with Gasteiger partial charge in [-0.3, -0.25) is 0 Å². The van der Waals surface area contributed by atoms with Gasteiger partial charge >= 0.3 is 0 Å². The van der Waals surface area contributed by atoms with Crippen molar-refractivity contribution in [2.75, 3.05) is 13.7 Å². The van der Waals surface area contributed by atoms with E-state index in [0.717, 1.165) is 12.8 Å². The van der Waals surface area contributed by atoms with Gasteiger partial charge in [0.1, 0.15) is 6.61 Å². The molecule has 1 rings (SSSR count). The molecule has 162 valence electrons. The number of hydrogen-bond donors (Lipinski definition) is 2. The van der Waals surface area contributed by atoms with E-state index in [1.165, 1.54) is 7.11 Å². The van der Waals surface area contributed by atoms with E-state index < -0.39 is 22.2 Å². The average Bonchev–Trinajstić information content (AvgIpc) is 2.41. The van der Waals surface area contributed by atoms with E-state index >= 15 is 0 Å². The Morgan fingerprint density at radius 1 is 1.04 bits per heavy atom. The fraction of sp³-hybridized carbons (Fsp3) is 1.00. The van der Waals surface area contributed by atoms with Crippen LogP contribution >= 0.6 is 0 Å². The molecule has 0 saturated heterocycles. The summed E-state index contributed by atoms with van der Waals surface area (Å²) < 4.78 is 6.68. The molecule has 0 aromatic heterocycles. The molecule has 27 heavy (non-hydrogen) atoms. The van der Waals surface area contributed by atoms with E-state index in [9.17, 15) is 9.90 Å². The van der Waals surface area contributed by atoms with E-state index in [0.29, 0.717) is 12.8 Å². The van der Waals surface area contributed by atoms with Gasteiger partial charge in [-0.05, 0) is 61.4 Å². The maximum Gasteiger partial charge on any atom is 0.192 e. The van der Waals surface area contributed by atoms with Crippen LogP contribution in [-0.2, 0) is 14.2 Å². The largest absolute Gasteiger partial charge is 0.432 e. The lowest BCUT2D eigenvalue weighted by Gasteiger charge is -2.48. The second-order valence-electron chi connectivity index (χ2n) is 11.3. The molecule has 0 amide bonds. The molecule has 0 radical (unpaired) electrons. The van der Waals surface area contributed by atoms with Crippen LogP contribution < -0.4 is 0 Å². The first kappa shape index (κ1) is 25.3. The predicted octanol–water partition coefficient (Wildman–Crippen LogP) is 4.85. The van der Waals surface area contributed by atoms with Gasteiger partial charge in [0.05, 0.1) is 12.7 Å². The lowest BCUT2D eigenvalue weighted by atomic mass is 9.74. The van der Waals surface area contributed by atoms with Gasteiger partial charge in [-0.1, -0.05) is 34.6 Å². The lowest BCUT2D eigenvalue weighted by molar-refractivity contribution is -0.303. The fourth-order valence-corrected chi connectivity index (χ4v) is 5.83. The third kappa shape index (κ3) is 6.91. The van der Waals surface area contributed by atoms with Crippen molar-refractivity contribution < 1.29 is 24.1 Å². The Kier molecular flexibility index (Phi) is 7.99. The van der Waals surface area contributed by atoms with E-state index in [4.69, 9.17) is 14.2 Å². The summed E-state index contributed by atoms with van der Waals surface area (Å²) in [4.78, 5) is 20.6. The molecule has 1 fully saturated rings. The zero-order valence-corrected chi connectivity index (χ0v) is 21.3. The molecular formula is C20H44O5Si2. The highest BCUT2D eigenvalue weighted by molar-refractivity contribution is 6.74. The Hall–Kier alpha value is 0.234. The summed E-state index contributed by atoms with van der Waals surface area (Å²) >= 11 is 0. The van der Waals surface area contributed by atoms with Gasteiger partial charge in [-0.15, -0.1) is 0 Å². The number of hydrogen-bond acceptors (Lipinski definition) is 5. The van der Waals surface area contributed by atoms with Gasteiger partial charge in [0.15, 0.2) is 16.6 Å². The SMILES string of the molecule is COOC[C@]1(O)CC(CC(C)(C)[Si](C)(C)O)C[C@H](O[Si](C)(C)C(C)(C)C)C1. The normalized spacial score (nSPS) is 28.4. The molecule has 1 aliphatic rings. The zero-order chi connectivity index (χ0) is 21.3. The summed E-state index contributed by atoms with van der Waals surface area (Å²) in [6.07, 6.45) is 3.04. The fourth-order valence-electron chi connectivity index (χ4n) is 3.68. The van der Waals surface area contributed by atoms with Crippen LogP contribution in [0.2, 0.25) is 36.3 Å². The first-order valence-electron chi connectivity index (χ1n) is 10.2. The van der Waals surface area contributed by atoms with Gasteiger partial charge in [0, 0.05) is 12.5 Å². The molecule has 0 aliphatic heterocycles. The van der Waals surface area contributed by atoms with Crippen molar-refractivity contribution >= 4 is 16.6 Å². The molecule has 0 aromatic rings. The van der Waals surface area contributed by atoms with Crippen LogP contribution in [0.25, 0.3) is 0 Å². The standard InChI is InChI=1S/C20H44O5Si2/c1-18(2,3)27(9,10)25-17-11-16(12-19(4,5)26(7,8)22)13-20(21,14-17)15-24-23-6/h16-17,21-22H,11-15H2,1-10H3/t16?,17-,20-/m0/s1. The predicted molar refractivity (Wildman–Crippen MR) is 116 cm³/mol. The highest BCUT2D eigenvalue weighted by Crippen LogP contribution is 2.48. The third-order valence-electron chi connectivity index (χ3n) is 7.04. The van der Waals surface area contributed by atoms with Crippen LogP contribution in [0.4, 0.5) is 0 Å². The number of rotatable bonds is 8. The van der Waals surface area contributed by atoms with Crippen molar-refractivity contribution in [3.8, 4) is 0 Å². The molecule has 1 saturated carbocycles. The van der Waals surface area contributed by atoms with Gasteiger partial charge in [-0.2, -0.15) is 0 Å². The average molecular weight is 421 g/mol. The summed E-state index contributed by atoms with van der Waals surface area (Å²) in [5.74, 6) is 0.285. The molecule has 1 aliphatic carbocycles. The summed E-state index contributed by atoms with van der Waals surface area (Å²) in [5.41, 5.74) is -0.955. The van der Waals surface area contributed by atoms with Crippen LogP contribution in [0.15, 0.2) is 0 Å². The smallest absolute Gasteiger partial charge is 0.192 e. The Morgan fingerprint density at radius 3 is 2.04 bits per heavy atom. The molecule has 0 bridgehead atoms. The van der Waals surface area contributed by atoms with Gasteiger partial charge in [0.2, 0.25) is 0 Å². The van der Waals surface area contributed by atoms with E-state index in [-0.39, 0.29) is 28.7 Å². The molecule has 0 aromatic carbocycles. The van der Waals surface area contributed by atoms with Crippen molar-refractivity contribution in [1.29, 1.82) is 0 Å². The summed E-state index contributed by atoms with van der Waals surface area (Å²) in [6.45, 7) is 19.7. The van der Waals surface area contributed by atoms with E-state index in [2.05, 4.69) is 47.7 Å². The van der Waals surface area contributed by atoms with Crippen molar-refractivity contribution in [2.45, 2.75) is 108 Å². The van der Waals surface area contributed by atoms with Crippen molar-refractivity contribution in [3.63, 3.8) is 0 Å². The highest BCUT2D eigenvalue weighted by Gasteiger charge is 2.48. The minimum atomic E-state index is -2.31. The first-order valence-corrected chi connectivity index (χ1v) is 16.1. The molecule has 0 spiro atoms. The Labute approximate surface area is 169 Å². The monoisotopic (exact) mass is 420 g/mol. The van der Waals surface area contributed by atoms with Crippen LogP contribution in [-0.4, -0.2) is 52.0 Å². The maximum atomic E-state index is 11.2. The molecule has 5 nitrogen and oxygen atoms in total. The van der Waals surface area contributed by atoms with Gasteiger partial charge in [-0.25, -0.2) is 9.78 Å². The molecule has 0 heterocycles. The lowest BCUT2D eigenvalue weighted by Crippen LogP contribution is -2.52. The van der Waals surface area contributed by atoms with Crippen LogP contribution in [0.5, 0.6) is 0 Å². The summed E-state index contributed by atoms with van der Waals surface area (Å²) in [7, 11) is -2.78. The first-order chi connectivity index (χ1) is 11.9. The van der Waals surface area contributed by atoms with Crippen LogP contribution in [0, 0.1) is 5.92 Å². The summed E-state index contributed by atoms with van der Waals surface area (Å²) in [6, 6.07) is 0. The quantitative estimate of drug-likeness (QED) is 0.334. The Bertz CT molecular complexity index is 444.